The van der Waals surface area contributed by atoms with Gasteiger partial charge in [-0.25, -0.2) is 0 Å². The minimum absolute atomic E-state index is 0.476. The van der Waals surface area contributed by atoms with Crippen molar-refractivity contribution in [1.82, 2.24) is 5.32 Å². The molecule has 1 fully saturated rings. The Bertz CT molecular complexity index is 319. The molecule has 1 aromatic carbocycles. The third-order valence-electron chi connectivity index (χ3n) is 2.72. The molecule has 2 rings (SSSR count). The van der Waals surface area contributed by atoms with E-state index in [4.69, 9.17) is 10.5 Å². The molecule has 0 saturated carbocycles. The largest absolute Gasteiger partial charge is 0.495 e. The Morgan fingerprint density at radius 3 is 3.00 bits per heavy atom. The molecule has 1 heterocycles. The molecule has 1 saturated heterocycles. The fourth-order valence-corrected chi connectivity index (χ4v) is 1.91. The Hall–Kier alpha value is -1.22. The number of nitrogens with two attached hydrogens (primary N) is 1. The van der Waals surface area contributed by atoms with Crippen LogP contribution in [0.4, 0.5) is 5.69 Å². The standard InChI is InChI=1S/C11H16N2O/c1-14-11-7-8(4-5-9(11)12)10-3-2-6-13-10/h4-5,7,10,13H,2-3,6,12H2,1H3/t10-/m1/s1. The van der Waals surface area contributed by atoms with E-state index in [1.807, 2.05) is 12.1 Å². The first kappa shape index (κ1) is 9.34. The van der Waals surface area contributed by atoms with E-state index in [0.29, 0.717) is 11.7 Å². The summed E-state index contributed by atoms with van der Waals surface area (Å²) in [4.78, 5) is 0. The van der Waals surface area contributed by atoms with E-state index in [0.717, 1.165) is 12.3 Å². The molecular weight excluding hydrogens is 176 g/mol. The molecule has 0 bridgehead atoms. The summed E-state index contributed by atoms with van der Waals surface area (Å²) < 4.78 is 5.19. The third kappa shape index (κ3) is 1.68. The molecule has 1 atom stereocenters. The Morgan fingerprint density at radius 2 is 2.36 bits per heavy atom. The van der Waals surface area contributed by atoms with Gasteiger partial charge in [0.15, 0.2) is 0 Å². The highest BCUT2D eigenvalue weighted by Gasteiger charge is 2.16. The van der Waals surface area contributed by atoms with Gasteiger partial charge in [-0.1, -0.05) is 6.07 Å². The summed E-state index contributed by atoms with van der Waals surface area (Å²) in [5, 5.41) is 3.45. The highest BCUT2D eigenvalue weighted by atomic mass is 16.5. The fraction of sp³-hybridized carbons (Fsp3) is 0.455. The smallest absolute Gasteiger partial charge is 0.142 e. The van der Waals surface area contributed by atoms with Gasteiger partial charge in [-0.15, -0.1) is 0 Å². The number of anilines is 1. The van der Waals surface area contributed by atoms with Crippen molar-refractivity contribution in [3.8, 4) is 5.75 Å². The van der Waals surface area contributed by atoms with Crippen LogP contribution in [0, 0.1) is 0 Å². The second-order valence-electron chi connectivity index (χ2n) is 3.65. The molecule has 0 aliphatic carbocycles. The first-order valence-electron chi connectivity index (χ1n) is 4.98. The lowest BCUT2D eigenvalue weighted by Crippen LogP contribution is -2.12. The summed E-state index contributed by atoms with van der Waals surface area (Å²) in [6.07, 6.45) is 2.45. The molecule has 76 valence electrons. The van der Waals surface area contributed by atoms with Crippen molar-refractivity contribution in [2.75, 3.05) is 19.4 Å². The lowest BCUT2D eigenvalue weighted by atomic mass is 10.0. The van der Waals surface area contributed by atoms with Crippen LogP contribution >= 0.6 is 0 Å². The summed E-state index contributed by atoms with van der Waals surface area (Å²) in [5.41, 5.74) is 7.73. The molecule has 3 nitrogen and oxygen atoms in total. The predicted octanol–water partition coefficient (Wildman–Crippen LogP) is 1.70. The average molecular weight is 192 g/mol. The van der Waals surface area contributed by atoms with E-state index in [1.54, 1.807) is 7.11 Å². The van der Waals surface area contributed by atoms with E-state index >= 15 is 0 Å². The van der Waals surface area contributed by atoms with E-state index < -0.39 is 0 Å². The predicted molar refractivity (Wildman–Crippen MR) is 57.4 cm³/mol. The molecular formula is C11H16N2O. The molecule has 0 radical (unpaired) electrons. The molecule has 1 aliphatic rings. The van der Waals surface area contributed by atoms with E-state index in [1.165, 1.54) is 18.4 Å². The van der Waals surface area contributed by atoms with Gasteiger partial charge >= 0.3 is 0 Å². The maximum Gasteiger partial charge on any atom is 0.142 e. The molecule has 1 aliphatic heterocycles. The Morgan fingerprint density at radius 1 is 1.50 bits per heavy atom. The first-order chi connectivity index (χ1) is 6.81. The van der Waals surface area contributed by atoms with Crippen molar-refractivity contribution in [3.05, 3.63) is 23.8 Å². The van der Waals surface area contributed by atoms with E-state index in [-0.39, 0.29) is 0 Å². The third-order valence-corrected chi connectivity index (χ3v) is 2.72. The number of ether oxygens (including phenoxy) is 1. The molecule has 1 aromatic rings. The van der Waals surface area contributed by atoms with Crippen LogP contribution in [-0.2, 0) is 0 Å². The number of hydrogen-bond acceptors (Lipinski definition) is 3. The topological polar surface area (TPSA) is 47.3 Å². The van der Waals surface area contributed by atoms with Crippen molar-refractivity contribution in [2.24, 2.45) is 0 Å². The fourth-order valence-electron chi connectivity index (χ4n) is 1.91. The van der Waals surface area contributed by atoms with Gasteiger partial charge in [0, 0.05) is 6.04 Å². The normalized spacial score (nSPS) is 21.1. The zero-order chi connectivity index (χ0) is 9.97. The van der Waals surface area contributed by atoms with Crippen LogP contribution in [0.3, 0.4) is 0 Å². The van der Waals surface area contributed by atoms with Crippen LogP contribution in [0.15, 0.2) is 18.2 Å². The SMILES string of the molecule is COc1cc([C@H]2CCCN2)ccc1N. The van der Waals surface area contributed by atoms with Crippen molar-refractivity contribution in [1.29, 1.82) is 0 Å². The Kier molecular flexibility index (Phi) is 2.59. The van der Waals surface area contributed by atoms with Gasteiger partial charge in [0.2, 0.25) is 0 Å². The van der Waals surface area contributed by atoms with Gasteiger partial charge in [0.25, 0.3) is 0 Å². The van der Waals surface area contributed by atoms with E-state index in [2.05, 4.69) is 11.4 Å². The number of nitrogen functional groups attached to an aromatic ring is 1. The average Bonchev–Trinajstić information content (AvgIpc) is 2.71. The van der Waals surface area contributed by atoms with Crippen molar-refractivity contribution in [3.63, 3.8) is 0 Å². The maximum absolute atomic E-state index is 5.75. The van der Waals surface area contributed by atoms with Gasteiger partial charge in [-0.2, -0.15) is 0 Å². The van der Waals surface area contributed by atoms with Crippen LogP contribution in [-0.4, -0.2) is 13.7 Å². The van der Waals surface area contributed by atoms with Gasteiger partial charge in [0.1, 0.15) is 5.75 Å². The number of nitrogens with one attached hydrogen (secondary N) is 1. The zero-order valence-corrected chi connectivity index (χ0v) is 8.42. The molecule has 0 amide bonds. The number of hydrogen-bond donors (Lipinski definition) is 2. The summed E-state index contributed by atoms with van der Waals surface area (Å²) in [6.45, 7) is 1.11. The molecule has 3 N–H and O–H groups in total. The minimum atomic E-state index is 0.476. The molecule has 0 unspecified atom stereocenters. The second kappa shape index (κ2) is 3.88. The number of methoxy groups -OCH3 is 1. The van der Waals surface area contributed by atoms with Gasteiger partial charge in [-0.3, -0.25) is 0 Å². The van der Waals surface area contributed by atoms with Crippen LogP contribution in [0.1, 0.15) is 24.4 Å². The first-order valence-corrected chi connectivity index (χ1v) is 4.98. The monoisotopic (exact) mass is 192 g/mol. The summed E-state index contributed by atoms with van der Waals surface area (Å²) >= 11 is 0. The van der Waals surface area contributed by atoms with E-state index in [9.17, 15) is 0 Å². The zero-order valence-electron chi connectivity index (χ0n) is 8.42. The second-order valence-corrected chi connectivity index (χ2v) is 3.65. The van der Waals surface area contributed by atoms with Crippen LogP contribution < -0.4 is 15.8 Å². The van der Waals surface area contributed by atoms with Gasteiger partial charge < -0.3 is 15.8 Å². The van der Waals surface area contributed by atoms with Crippen molar-refractivity contribution in [2.45, 2.75) is 18.9 Å². The summed E-state index contributed by atoms with van der Waals surface area (Å²) in [7, 11) is 1.65. The summed E-state index contributed by atoms with van der Waals surface area (Å²) in [6, 6.07) is 6.48. The minimum Gasteiger partial charge on any atom is -0.495 e. The van der Waals surface area contributed by atoms with Crippen LogP contribution in [0.25, 0.3) is 0 Å². The lowest BCUT2D eigenvalue weighted by molar-refractivity contribution is 0.415. The number of rotatable bonds is 2. The molecule has 3 heteroatoms. The van der Waals surface area contributed by atoms with Crippen LogP contribution in [0.5, 0.6) is 5.75 Å². The summed E-state index contributed by atoms with van der Waals surface area (Å²) in [5.74, 6) is 0.774. The lowest BCUT2D eigenvalue weighted by Gasteiger charge is -2.13. The molecule has 14 heavy (non-hydrogen) atoms. The van der Waals surface area contributed by atoms with Crippen LogP contribution in [0.2, 0.25) is 0 Å². The highest BCUT2D eigenvalue weighted by molar-refractivity contribution is 5.54. The highest BCUT2D eigenvalue weighted by Crippen LogP contribution is 2.29. The Labute approximate surface area is 84.3 Å². The van der Waals surface area contributed by atoms with Crippen molar-refractivity contribution < 1.29 is 4.74 Å². The maximum atomic E-state index is 5.75. The Balaban J connectivity index is 2.25. The molecule has 0 aromatic heterocycles. The van der Waals surface area contributed by atoms with Gasteiger partial charge in [0.05, 0.1) is 12.8 Å². The molecule has 0 spiro atoms. The number of benzene rings is 1. The van der Waals surface area contributed by atoms with Gasteiger partial charge in [-0.05, 0) is 37.1 Å². The van der Waals surface area contributed by atoms with Crippen molar-refractivity contribution >= 4 is 5.69 Å². The quantitative estimate of drug-likeness (QED) is 0.701.